The summed E-state index contributed by atoms with van der Waals surface area (Å²) in [6.07, 6.45) is 6.92. The van der Waals surface area contributed by atoms with E-state index < -0.39 is 12.0 Å². The second kappa shape index (κ2) is 14.0. The molecule has 2 saturated heterocycles. The number of aromatic nitrogens is 6. The van der Waals surface area contributed by atoms with Crippen molar-refractivity contribution >= 4 is 40.4 Å². The third-order valence-electron chi connectivity index (χ3n) is 9.67. The minimum Gasteiger partial charge on any atom is -0.340 e. The number of benzene rings is 3. The van der Waals surface area contributed by atoms with E-state index in [9.17, 15) is 18.8 Å². The number of hydrogen-bond acceptors (Lipinski definition) is 8. The van der Waals surface area contributed by atoms with E-state index >= 15 is 0 Å². The molecule has 4 heterocycles. The zero-order valence-corrected chi connectivity index (χ0v) is 27.7. The number of likely N-dealkylation sites (tertiary alicyclic amines) is 1. The number of amides is 3. The van der Waals surface area contributed by atoms with Gasteiger partial charge in [0.1, 0.15) is 18.2 Å². The number of carbonyl (C=O) groups excluding carboxylic acids is 3. The maximum absolute atomic E-state index is 14.4. The van der Waals surface area contributed by atoms with Crippen LogP contribution in [0.5, 0.6) is 0 Å². The highest BCUT2D eigenvalue weighted by Crippen LogP contribution is 2.36. The third-order valence-corrected chi connectivity index (χ3v) is 9.67. The van der Waals surface area contributed by atoms with Crippen molar-refractivity contribution in [3.8, 4) is 5.69 Å². The molecule has 0 aliphatic carbocycles. The molecule has 0 unspecified atom stereocenters. The molecule has 2 aliphatic rings. The number of aromatic amines is 1. The summed E-state index contributed by atoms with van der Waals surface area (Å²) in [6, 6.07) is 16.3. The molecule has 2 aliphatic heterocycles. The highest BCUT2D eigenvalue weighted by molar-refractivity contribution is 6.02. The Morgan fingerprint density at radius 3 is 2.54 bits per heavy atom. The number of nitrogens with one attached hydrogen (secondary N) is 2. The molecular weight excluding hydrogens is 639 g/mol. The highest BCUT2D eigenvalue weighted by atomic mass is 19.1. The van der Waals surface area contributed by atoms with Crippen LogP contribution in [0.15, 0.2) is 79.3 Å². The number of hydrogen-bond donors (Lipinski definition) is 2. The summed E-state index contributed by atoms with van der Waals surface area (Å²) in [5, 5.41) is 22.4. The summed E-state index contributed by atoms with van der Waals surface area (Å²) in [5.41, 5.74) is 4.56. The van der Waals surface area contributed by atoms with Crippen LogP contribution in [0.1, 0.15) is 36.0 Å². The van der Waals surface area contributed by atoms with Gasteiger partial charge in [-0.25, -0.2) is 4.39 Å². The molecule has 2 N–H and O–H groups in total. The number of carbonyl (C=O) groups is 3. The average molecular weight is 677 g/mol. The number of rotatable bonds is 7. The molecule has 7 rings (SSSR count). The summed E-state index contributed by atoms with van der Waals surface area (Å²) in [5.74, 6) is -1.51. The van der Waals surface area contributed by atoms with Gasteiger partial charge in [0.15, 0.2) is 0 Å². The van der Waals surface area contributed by atoms with Gasteiger partial charge in [0.25, 0.3) is 0 Å². The van der Waals surface area contributed by atoms with Crippen molar-refractivity contribution in [2.24, 2.45) is 0 Å². The smallest absolute Gasteiger partial charge is 0.247 e. The lowest BCUT2D eigenvalue weighted by molar-refractivity contribution is -0.140. The fraction of sp³-hybridized carbons (Fsp3) is 0.306. The van der Waals surface area contributed by atoms with Gasteiger partial charge in [-0.3, -0.25) is 24.4 Å². The number of halogens is 1. The first-order valence-corrected chi connectivity index (χ1v) is 16.6. The van der Waals surface area contributed by atoms with Crippen molar-refractivity contribution in [2.75, 3.05) is 38.0 Å². The molecule has 0 spiro atoms. The molecule has 0 saturated carbocycles. The van der Waals surface area contributed by atoms with Crippen molar-refractivity contribution in [2.45, 2.75) is 38.3 Å². The first-order valence-electron chi connectivity index (χ1n) is 16.6. The summed E-state index contributed by atoms with van der Waals surface area (Å²) in [7, 11) is 0. The van der Waals surface area contributed by atoms with Crippen LogP contribution in [0.3, 0.4) is 0 Å². The topological polar surface area (TPSA) is 145 Å². The first-order chi connectivity index (χ1) is 24.2. The van der Waals surface area contributed by atoms with E-state index in [4.69, 9.17) is 0 Å². The van der Waals surface area contributed by atoms with Crippen LogP contribution in [0.25, 0.3) is 22.7 Å². The van der Waals surface area contributed by atoms with Crippen LogP contribution in [0, 0.1) is 12.7 Å². The van der Waals surface area contributed by atoms with Gasteiger partial charge in [-0.1, -0.05) is 23.8 Å². The number of tetrazole rings is 1. The number of aryl methyl sites for hydroxylation is 1. The summed E-state index contributed by atoms with van der Waals surface area (Å²) < 4.78 is 15.7. The Kier molecular flexibility index (Phi) is 9.17. The van der Waals surface area contributed by atoms with Gasteiger partial charge in [-0.2, -0.15) is 9.78 Å². The minimum atomic E-state index is -0.913. The molecule has 14 heteroatoms. The maximum atomic E-state index is 14.4. The van der Waals surface area contributed by atoms with Crippen LogP contribution in [-0.4, -0.2) is 108 Å². The lowest BCUT2D eigenvalue weighted by atomic mass is 9.80. The van der Waals surface area contributed by atoms with Gasteiger partial charge in [0.05, 0.1) is 17.4 Å². The lowest BCUT2D eigenvalue weighted by Crippen LogP contribution is -2.62. The van der Waals surface area contributed by atoms with Crippen LogP contribution in [0.2, 0.25) is 0 Å². The lowest BCUT2D eigenvalue weighted by Gasteiger charge is -2.48. The standard InChI is InChI=1S/C36H37FN10O3/c1-23-3-11-33(47-22-39-42-43-47)26(17-23)6-12-34(49)46-21-30(45-15-13-44(14-16-45)24(2)48)19-31(25-4-7-28(37)8-5-25)35(46)36(50)40-29-9-10-32-27(18-29)20-38-41-32/h3-12,17-18,20,22,30-31,35H,13-16,19,21H2,1-2H3,(H,38,41)(H,40,50)/b12-6+/t30-,31-,35-/m0/s1. The van der Waals surface area contributed by atoms with Gasteiger partial charge in [0, 0.05) is 74.3 Å². The Labute approximate surface area is 287 Å². The van der Waals surface area contributed by atoms with E-state index in [0.717, 1.165) is 27.6 Å². The second-order valence-corrected chi connectivity index (χ2v) is 12.8. The Balaban J connectivity index is 1.25. The second-order valence-electron chi connectivity index (χ2n) is 12.8. The van der Waals surface area contributed by atoms with Crippen molar-refractivity contribution in [1.82, 2.24) is 45.1 Å². The van der Waals surface area contributed by atoms with E-state index in [1.54, 1.807) is 42.3 Å². The Hall–Kier alpha value is -5.76. The molecule has 3 atom stereocenters. The van der Waals surface area contributed by atoms with E-state index in [1.807, 2.05) is 42.2 Å². The third kappa shape index (κ3) is 6.87. The van der Waals surface area contributed by atoms with Crippen molar-refractivity contribution < 1.29 is 18.8 Å². The zero-order chi connectivity index (χ0) is 34.8. The molecule has 256 valence electrons. The predicted molar refractivity (Wildman–Crippen MR) is 185 cm³/mol. The number of piperidine rings is 1. The molecule has 3 amide bonds. The molecule has 13 nitrogen and oxygen atoms in total. The average Bonchev–Trinajstić information content (AvgIpc) is 3.83. The molecule has 5 aromatic rings. The van der Waals surface area contributed by atoms with Crippen molar-refractivity contribution in [1.29, 1.82) is 0 Å². The van der Waals surface area contributed by atoms with Gasteiger partial charge in [-0.05, 0) is 77.9 Å². The van der Waals surface area contributed by atoms with E-state index in [-0.39, 0.29) is 36.1 Å². The van der Waals surface area contributed by atoms with Crippen molar-refractivity contribution in [3.63, 3.8) is 0 Å². The van der Waals surface area contributed by atoms with Crippen LogP contribution >= 0.6 is 0 Å². The fourth-order valence-electron chi connectivity index (χ4n) is 7.08. The zero-order valence-electron chi connectivity index (χ0n) is 27.7. The first kappa shape index (κ1) is 32.8. The van der Waals surface area contributed by atoms with E-state index in [2.05, 4.69) is 35.9 Å². The number of fused-ring (bicyclic) bond motifs is 1. The molecule has 0 bridgehead atoms. The maximum Gasteiger partial charge on any atom is 0.247 e. The Bertz CT molecular complexity index is 2040. The molecule has 0 radical (unpaired) electrons. The molecule has 50 heavy (non-hydrogen) atoms. The van der Waals surface area contributed by atoms with Gasteiger partial charge in [0.2, 0.25) is 17.7 Å². The Morgan fingerprint density at radius 2 is 1.80 bits per heavy atom. The van der Waals surface area contributed by atoms with E-state index in [0.29, 0.717) is 44.0 Å². The monoisotopic (exact) mass is 676 g/mol. The van der Waals surface area contributed by atoms with Crippen LogP contribution < -0.4 is 5.32 Å². The number of nitrogens with zero attached hydrogens (tertiary/aromatic N) is 8. The Morgan fingerprint density at radius 1 is 1.00 bits per heavy atom. The van der Waals surface area contributed by atoms with Gasteiger partial charge >= 0.3 is 0 Å². The van der Waals surface area contributed by atoms with Gasteiger partial charge < -0.3 is 15.1 Å². The molecule has 3 aromatic carbocycles. The fourth-order valence-corrected chi connectivity index (χ4v) is 7.08. The normalized spacial score (nSPS) is 20.0. The molecule has 2 aromatic heterocycles. The number of anilines is 1. The van der Waals surface area contributed by atoms with Crippen LogP contribution in [-0.2, 0) is 14.4 Å². The highest BCUT2D eigenvalue weighted by Gasteiger charge is 2.45. The van der Waals surface area contributed by atoms with E-state index in [1.165, 1.54) is 29.2 Å². The molecular formula is C36H37FN10O3. The number of piperazine rings is 1. The minimum absolute atomic E-state index is 0.0296. The quantitative estimate of drug-likeness (QED) is 0.249. The largest absolute Gasteiger partial charge is 0.340 e. The summed E-state index contributed by atoms with van der Waals surface area (Å²) >= 11 is 0. The summed E-state index contributed by atoms with van der Waals surface area (Å²) in [6.45, 7) is 6.24. The SMILES string of the molecule is CC(=O)N1CCN([C@H]2C[C@@H](c3ccc(F)cc3)[C@@H](C(=O)Nc3ccc4[nH]ncc4c3)N(C(=O)/C=C/c3cc(C)ccc3-n3cnnn3)C2)CC1. The number of H-pyrrole nitrogens is 1. The molecule has 2 fully saturated rings. The van der Waals surface area contributed by atoms with Gasteiger partial charge in [-0.15, -0.1) is 5.10 Å². The van der Waals surface area contributed by atoms with Crippen LogP contribution in [0.4, 0.5) is 10.1 Å². The van der Waals surface area contributed by atoms with Crippen molar-refractivity contribution in [3.05, 3.63) is 102 Å². The predicted octanol–water partition coefficient (Wildman–Crippen LogP) is 3.56. The summed E-state index contributed by atoms with van der Waals surface area (Å²) in [4.78, 5) is 46.7.